The number of hydrogen-bond donors (Lipinski definition) is 3. The molecule has 1 aliphatic rings. The van der Waals surface area contributed by atoms with E-state index in [0.717, 1.165) is 30.0 Å². The third-order valence-corrected chi connectivity index (χ3v) is 3.69. The van der Waals surface area contributed by atoms with Crippen molar-refractivity contribution in [2.45, 2.75) is 25.3 Å². The van der Waals surface area contributed by atoms with E-state index in [0.29, 0.717) is 0 Å². The molecule has 5 nitrogen and oxygen atoms in total. The number of aromatic nitrogens is 2. The third kappa shape index (κ3) is 2.39. The van der Waals surface area contributed by atoms with Crippen molar-refractivity contribution in [1.82, 2.24) is 15.3 Å². The minimum absolute atomic E-state index is 0.0582. The first-order valence-electron chi connectivity index (χ1n) is 6.88. The van der Waals surface area contributed by atoms with Crippen molar-refractivity contribution in [2.24, 2.45) is 0 Å². The SMILES string of the molecule is CC(NC(=O)C1CCNc2ccccc21)c1ncc[nH]1. The Morgan fingerprint density at radius 1 is 1.45 bits per heavy atom. The number of nitrogens with one attached hydrogen (secondary N) is 3. The number of hydrogen-bond acceptors (Lipinski definition) is 3. The fourth-order valence-corrected chi connectivity index (χ4v) is 2.64. The summed E-state index contributed by atoms with van der Waals surface area (Å²) in [6.07, 6.45) is 4.27. The Kier molecular flexibility index (Phi) is 3.41. The first-order valence-corrected chi connectivity index (χ1v) is 6.88. The van der Waals surface area contributed by atoms with Crippen molar-refractivity contribution in [1.29, 1.82) is 0 Å². The molecule has 2 heterocycles. The molecule has 0 bridgehead atoms. The molecule has 3 N–H and O–H groups in total. The van der Waals surface area contributed by atoms with Gasteiger partial charge in [-0.05, 0) is 25.0 Å². The molecule has 3 rings (SSSR count). The van der Waals surface area contributed by atoms with Gasteiger partial charge >= 0.3 is 0 Å². The van der Waals surface area contributed by atoms with Crippen LogP contribution in [0.5, 0.6) is 0 Å². The van der Waals surface area contributed by atoms with Crippen molar-refractivity contribution < 1.29 is 4.79 Å². The van der Waals surface area contributed by atoms with Crippen molar-refractivity contribution in [3.05, 3.63) is 48.0 Å². The molecule has 1 aromatic heterocycles. The Morgan fingerprint density at radius 3 is 3.10 bits per heavy atom. The fourth-order valence-electron chi connectivity index (χ4n) is 2.64. The molecule has 2 aromatic rings. The average Bonchev–Trinajstić information content (AvgIpc) is 3.01. The second-order valence-corrected chi connectivity index (χ2v) is 5.06. The third-order valence-electron chi connectivity index (χ3n) is 3.69. The summed E-state index contributed by atoms with van der Waals surface area (Å²) in [5, 5.41) is 6.36. The predicted molar refractivity (Wildman–Crippen MR) is 77.4 cm³/mol. The quantitative estimate of drug-likeness (QED) is 0.800. The van der Waals surface area contributed by atoms with Crippen LogP contribution in [0.4, 0.5) is 5.69 Å². The zero-order valence-corrected chi connectivity index (χ0v) is 11.4. The van der Waals surface area contributed by atoms with Crippen LogP contribution in [-0.4, -0.2) is 22.4 Å². The molecule has 0 fully saturated rings. The number of fused-ring (bicyclic) bond motifs is 1. The lowest BCUT2D eigenvalue weighted by Gasteiger charge is -2.26. The second kappa shape index (κ2) is 5.36. The van der Waals surface area contributed by atoms with E-state index in [4.69, 9.17) is 0 Å². The van der Waals surface area contributed by atoms with Gasteiger partial charge in [0.05, 0.1) is 12.0 Å². The van der Waals surface area contributed by atoms with Crippen molar-refractivity contribution in [3.8, 4) is 0 Å². The van der Waals surface area contributed by atoms with Gasteiger partial charge in [-0.15, -0.1) is 0 Å². The van der Waals surface area contributed by atoms with E-state index < -0.39 is 0 Å². The van der Waals surface area contributed by atoms with Gasteiger partial charge in [0.1, 0.15) is 5.82 Å². The van der Waals surface area contributed by atoms with Gasteiger partial charge < -0.3 is 15.6 Å². The fraction of sp³-hybridized carbons (Fsp3) is 0.333. The molecule has 5 heteroatoms. The first kappa shape index (κ1) is 12.7. The highest BCUT2D eigenvalue weighted by atomic mass is 16.2. The summed E-state index contributed by atoms with van der Waals surface area (Å²) in [5.41, 5.74) is 2.13. The smallest absolute Gasteiger partial charge is 0.228 e. The summed E-state index contributed by atoms with van der Waals surface area (Å²) < 4.78 is 0. The molecule has 0 saturated carbocycles. The molecular weight excluding hydrogens is 252 g/mol. The van der Waals surface area contributed by atoms with E-state index in [1.165, 1.54) is 0 Å². The van der Waals surface area contributed by atoms with Crippen molar-refractivity contribution >= 4 is 11.6 Å². The Bertz CT molecular complexity index is 594. The first-order chi connectivity index (χ1) is 9.75. The van der Waals surface area contributed by atoms with Crippen molar-refractivity contribution in [3.63, 3.8) is 0 Å². The Morgan fingerprint density at radius 2 is 2.30 bits per heavy atom. The molecule has 20 heavy (non-hydrogen) atoms. The van der Waals surface area contributed by atoms with E-state index in [2.05, 4.69) is 20.6 Å². The monoisotopic (exact) mass is 270 g/mol. The Balaban J connectivity index is 1.75. The number of rotatable bonds is 3. The number of carbonyl (C=O) groups is 1. The highest BCUT2D eigenvalue weighted by molar-refractivity contribution is 5.86. The number of para-hydroxylation sites is 1. The molecule has 0 radical (unpaired) electrons. The summed E-state index contributed by atoms with van der Waals surface area (Å²) >= 11 is 0. The largest absolute Gasteiger partial charge is 0.385 e. The van der Waals surface area contributed by atoms with Gasteiger partial charge in [-0.1, -0.05) is 18.2 Å². The maximum absolute atomic E-state index is 12.5. The number of nitrogens with zero attached hydrogens (tertiary/aromatic N) is 1. The summed E-state index contributed by atoms with van der Waals surface area (Å²) in [4.78, 5) is 19.7. The number of carbonyl (C=O) groups excluding carboxylic acids is 1. The summed E-state index contributed by atoms with van der Waals surface area (Å²) in [6.45, 7) is 2.76. The Labute approximate surface area is 117 Å². The molecule has 0 aliphatic carbocycles. The highest BCUT2D eigenvalue weighted by Crippen LogP contribution is 2.31. The number of H-pyrrole nitrogens is 1. The number of anilines is 1. The maximum atomic E-state index is 12.5. The van der Waals surface area contributed by atoms with Gasteiger partial charge in [0.25, 0.3) is 0 Å². The minimum Gasteiger partial charge on any atom is -0.385 e. The van der Waals surface area contributed by atoms with E-state index in [-0.39, 0.29) is 17.9 Å². The van der Waals surface area contributed by atoms with Gasteiger partial charge in [0, 0.05) is 24.6 Å². The standard InChI is InChI=1S/C15H18N4O/c1-10(14-17-8-9-18-14)19-15(20)12-6-7-16-13-5-3-2-4-11(12)13/h2-5,8-10,12,16H,6-7H2,1H3,(H,17,18)(H,19,20). The molecule has 2 unspecified atom stereocenters. The normalized spacial score (nSPS) is 18.8. The molecule has 0 spiro atoms. The molecule has 104 valence electrons. The van der Waals surface area contributed by atoms with Crippen LogP contribution < -0.4 is 10.6 Å². The lowest BCUT2D eigenvalue weighted by Crippen LogP contribution is -2.35. The predicted octanol–water partition coefficient (Wildman–Crippen LogP) is 2.19. The van der Waals surface area contributed by atoms with Gasteiger partial charge in [-0.25, -0.2) is 4.98 Å². The molecule has 2 atom stereocenters. The van der Waals surface area contributed by atoms with Crippen LogP contribution in [0.25, 0.3) is 0 Å². The van der Waals surface area contributed by atoms with Crippen LogP contribution in [0.15, 0.2) is 36.7 Å². The van der Waals surface area contributed by atoms with E-state index in [9.17, 15) is 4.79 Å². The van der Waals surface area contributed by atoms with E-state index >= 15 is 0 Å². The van der Waals surface area contributed by atoms with E-state index in [1.807, 2.05) is 31.2 Å². The molecule has 1 aliphatic heterocycles. The van der Waals surface area contributed by atoms with Gasteiger partial charge in [-0.3, -0.25) is 4.79 Å². The topological polar surface area (TPSA) is 69.8 Å². The summed E-state index contributed by atoms with van der Waals surface area (Å²) in [7, 11) is 0. The molecule has 0 saturated heterocycles. The van der Waals surface area contributed by atoms with Gasteiger partial charge in [-0.2, -0.15) is 0 Å². The van der Waals surface area contributed by atoms with Crippen LogP contribution in [0.1, 0.15) is 36.7 Å². The number of amides is 1. The van der Waals surface area contributed by atoms with E-state index in [1.54, 1.807) is 12.4 Å². The van der Waals surface area contributed by atoms with Gasteiger partial charge in [0.2, 0.25) is 5.91 Å². The lowest BCUT2D eigenvalue weighted by molar-refractivity contribution is -0.123. The molecule has 1 amide bonds. The zero-order valence-electron chi connectivity index (χ0n) is 11.4. The summed E-state index contributed by atoms with van der Waals surface area (Å²) in [5.74, 6) is 0.744. The lowest BCUT2D eigenvalue weighted by atomic mass is 9.90. The van der Waals surface area contributed by atoms with Crippen LogP contribution in [0.3, 0.4) is 0 Å². The number of benzene rings is 1. The van der Waals surface area contributed by atoms with Crippen LogP contribution in [-0.2, 0) is 4.79 Å². The molecule has 1 aromatic carbocycles. The highest BCUT2D eigenvalue weighted by Gasteiger charge is 2.27. The van der Waals surface area contributed by atoms with Gasteiger partial charge in [0.15, 0.2) is 0 Å². The Hall–Kier alpha value is -2.30. The second-order valence-electron chi connectivity index (χ2n) is 5.06. The van der Waals surface area contributed by atoms with Crippen LogP contribution in [0, 0.1) is 0 Å². The van der Waals surface area contributed by atoms with Crippen LogP contribution in [0.2, 0.25) is 0 Å². The number of aromatic amines is 1. The number of imidazole rings is 1. The zero-order chi connectivity index (χ0) is 13.9. The summed E-state index contributed by atoms with van der Waals surface area (Å²) in [6, 6.07) is 7.88. The van der Waals surface area contributed by atoms with Crippen LogP contribution >= 0.6 is 0 Å². The molecular formula is C15H18N4O. The minimum atomic E-state index is -0.112. The van der Waals surface area contributed by atoms with Crippen molar-refractivity contribution in [2.75, 3.05) is 11.9 Å². The average molecular weight is 270 g/mol. The maximum Gasteiger partial charge on any atom is 0.228 e.